The highest BCUT2D eigenvalue weighted by atomic mass is 16.1. The zero-order chi connectivity index (χ0) is 9.84. The molecule has 0 fully saturated rings. The molecule has 0 unspecified atom stereocenters. The molecule has 2 heteroatoms. The molecule has 0 saturated heterocycles. The highest BCUT2D eigenvalue weighted by molar-refractivity contribution is 5.14. The van der Waals surface area contributed by atoms with Gasteiger partial charge >= 0.3 is 0 Å². The lowest BCUT2D eigenvalue weighted by atomic mass is 10.1. The molecule has 1 aromatic rings. The molecule has 1 heterocycles. The fraction of sp³-hybridized carbons (Fsp3) is 0.545. The summed E-state index contributed by atoms with van der Waals surface area (Å²) in [5.41, 5.74) is 1.24. The Morgan fingerprint density at radius 2 is 2.15 bits per heavy atom. The molecule has 0 aromatic carbocycles. The molecule has 1 aromatic heterocycles. The molecular formula is C11H17NO. The van der Waals surface area contributed by atoms with Gasteiger partial charge < -0.3 is 4.57 Å². The lowest BCUT2D eigenvalue weighted by Gasteiger charge is -2.07. The molecule has 0 aliphatic rings. The van der Waals surface area contributed by atoms with Crippen molar-refractivity contribution in [3.05, 3.63) is 34.2 Å². The van der Waals surface area contributed by atoms with Gasteiger partial charge in [-0.3, -0.25) is 4.79 Å². The molecule has 0 amide bonds. The van der Waals surface area contributed by atoms with Gasteiger partial charge in [0.05, 0.1) is 0 Å². The van der Waals surface area contributed by atoms with E-state index in [0.717, 1.165) is 18.5 Å². The van der Waals surface area contributed by atoms with Crippen molar-refractivity contribution in [1.29, 1.82) is 0 Å². The maximum atomic E-state index is 11.5. The first-order valence-corrected chi connectivity index (χ1v) is 4.85. The molecule has 1 rings (SSSR count). The van der Waals surface area contributed by atoms with Gasteiger partial charge in [0.15, 0.2) is 0 Å². The second kappa shape index (κ2) is 4.26. The zero-order valence-corrected chi connectivity index (χ0v) is 8.58. The van der Waals surface area contributed by atoms with Crippen LogP contribution in [0.15, 0.2) is 23.1 Å². The van der Waals surface area contributed by atoms with Gasteiger partial charge in [0.2, 0.25) is 0 Å². The van der Waals surface area contributed by atoms with Crippen molar-refractivity contribution >= 4 is 0 Å². The standard InChI is InChI=1S/C11H17NO/c1-4-6-12-7-5-10(9(2)3)8-11(12)13/h5,7-9H,4,6H2,1-3H3. The van der Waals surface area contributed by atoms with Crippen molar-refractivity contribution in [2.24, 2.45) is 0 Å². The van der Waals surface area contributed by atoms with Crippen LogP contribution in [0.5, 0.6) is 0 Å². The third-order valence-electron chi connectivity index (χ3n) is 2.15. The van der Waals surface area contributed by atoms with Gasteiger partial charge in [-0.1, -0.05) is 20.8 Å². The van der Waals surface area contributed by atoms with E-state index in [1.165, 1.54) is 0 Å². The van der Waals surface area contributed by atoms with Gasteiger partial charge in [0.1, 0.15) is 0 Å². The Bertz CT molecular complexity index is 325. The van der Waals surface area contributed by atoms with Crippen LogP contribution in [0.4, 0.5) is 0 Å². The summed E-state index contributed by atoms with van der Waals surface area (Å²) in [6.07, 6.45) is 2.89. The molecular weight excluding hydrogens is 162 g/mol. The maximum absolute atomic E-state index is 11.5. The van der Waals surface area contributed by atoms with Gasteiger partial charge in [-0.2, -0.15) is 0 Å². The summed E-state index contributed by atoms with van der Waals surface area (Å²) in [6.45, 7) is 7.08. The summed E-state index contributed by atoms with van der Waals surface area (Å²) < 4.78 is 1.76. The smallest absolute Gasteiger partial charge is 0.250 e. The average molecular weight is 179 g/mol. The first-order valence-electron chi connectivity index (χ1n) is 4.85. The lowest BCUT2D eigenvalue weighted by Crippen LogP contribution is -2.19. The Labute approximate surface area is 79.2 Å². The fourth-order valence-corrected chi connectivity index (χ4v) is 1.31. The van der Waals surface area contributed by atoms with E-state index >= 15 is 0 Å². The maximum Gasteiger partial charge on any atom is 0.250 e. The normalized spacial score (nSPS) is 10.8. The van der Waals surface area contributed by atoms with E-state index in [1.54, 1.807) is 10.6 Å². The molecule has 0 spiro atoms. The van der Waals surface area contributed by atoms with Crippen LogP contribution in [0.25, 0.3) is 0 Å². The van der Waals surface area contributed by atoms with Crippen LogP contribution in [0.3, 0.4) is 0 Å². The first kappa shape index (κ1) is 10.0. The summed E-state index contributed by atoms with van der Waals surface area (Å²) >= 11 is 0. The minimum atomic E-state index is 0.119. The zero-order valence-electron chi connectivity index (χ0n) is 8.58. The summed E-state index contributed by atoms with van der Waals surface area (Å²) in [4.78, 5) is 11.5. The Kier molecular flexibility index (Phi) is 3.29. The quantitative estimate of drug-likeness (QED) is 0.698. The minimum absolute atomic E-state index is 0.119. The Morgan fingerprint density at radius 1 is 1.46 bits per heavy atom. The Morgan fingerprint density at radius 3 is 2.62 bits per heavy atom. The van der Waals surface area contributed by atoms with E-state index in [0.29, 0.717) is 5.92 Å². The number of hydrogen-bond acceptors (Lipinski definition) is 1. The van der Waals surface area contributed by atoms with Crippen LogP contribution < -0.4 is 5.56 Å². The highest BCUT2D eigenvalue weighted by Gasteiger charge is 2.00. The van der Waals surface area contributed by atoms with Crippen molar-refractivity contribution < 1.29 is 0 Å². The van der Waals surface area contributed by atoms with E-state index in [4.69, 9.17) is 0 Å². The van der Waals surface area contributed by atoms with Crippen molar-refractivity contribution in [1.82, 2.24) is 4.57 Å². The number of aryl methyl sites for hydroxylation is 1. The first-order chi connectivity index (χ1) is 6.15. The summed E-state index contributed by atoms with van der Waals surface area (Å²) in [7, 11) is 0. The Balaban J connectivity index is 2.99. The third-order valence-corrected chi connectivity index (χ3v) is 2.15. The van der Waals surface area contributed by atoms with Crippen LogP contribution in [0.2, 0.25) is 0 Å². The van der Waals surface area contributed by atoms with Crippen molar-refractivity contribution in [3.63, 3.8) is 0 Å². The largest absolute Gasteiger partial charge is 0.316 e. The number of hydrogen-bond donors (Lipinski definition) is 0. The SMILES string of the molecule is CCCn1ccc(C(C)C)cc1=O. The van der Waals surface area contributed by atoms with E-state index in [2.05, 4.69) is 20.8 Å². The third kappa shape index (κ3) is 2.44. The predicted octanol–water partition coefficient (Wildman–Crippen LogP) is 2.38. The highest BCUT2D eigenvalue weighted by Crippen LogP contribution is 2.10. The minimum Gasteiger partial charge on any atom is -0.316 e. The van der Waals surface area contributed by atoms with Crippen LogP contribution >= 0.6 is 0 Å². The molecule has 0 N–H and O–H groups in total. The van der Waals surface area contributed by atoms with Crippen molar-refractivity contribution in [2.75, 3.05) is 0 Å². The van der Waals surface area contributed by atoms with Crippen LogP contribution in [0.1, 0.15) is 38.7 Å². The monoisotopic (exact) mass is 179 g/mol. The second-order valence-electron chi connectivity index (χ2n) is 3.65. The lowest BCUT2D eigenvalue weighted by molar-refractivity contribution is 0.649. The molecule has 0 bridgehead atoms. The van der Waals surface area contributed by atoms with E-state index in [9.17, 15) is 4.79 Å². The van der Waals surface area contributed by atoms with Crippen molar-refractivity contribution in [3.8, 4) is 0 Å². The molecule has 13 heavy (non-hydrogen) atoms. The van der Waals surface area contributed by atoms with Gasteiger partial charge in [-0.05, 0) is 24.0 Å². The molecule has 0 saturated carbocycles. The van der Waals surface area contributed by atoms with E-state index < -0.39 is 0 Å². The van der Waals surface area contributed by atoms with Gasteiger partial charge in [0.25, 0.3) is 5.56 Å². The van der Waals surface area contributed by atoms with Crippen molar-refractivity contribution in [2.45, 2.75) is 39.7 Å². The summed E-state index contributed by atoms with van der Waals surface area (Å²) in [5.74, 6) is 0.434. The molecule has 72 valence electrons. The molecule has 2 nitrogen and oxygen atoms in total. The molecule has 0 aliphatic heterocycles. The fourth-order valence-electron chi connectivity index (χ4n) is 1.31. The number of aromatic nitrogens is 1. The van der Waals surface area contributed by atoms with Crippen LogP contribution in [-0.4, -0.2) is 4.57 Å². The van der Waals surface area contributed by atoms with Gasteiger partial charge in [-0.25, -0.2) is 0 Å². The predicted molar refractivity (Wildman–Crippen MR) is 55.1 cm³/mol. The Hall–Kier alpha value is -1.05. The summed E-state index contributed by atoms with van der Waals surface area (Å²) in [5, 5.41) is 0. The van der Waals surface area contributed by atoms with E-state index in [1.807, 2.05) is 12.3 Å². The number of rotatable bonds is 3. The number of nitrogens with zero attached hydrogens (tertiary/aromatic N) is 1. The molecule has 0 atom stereocenters. The molecule has 0 aliphatic carbocycles. The average Bonchev–Trinajstić information content (AvgIpc) is 2.08. The topological polar surface area (TPSA) is 22.0 Å². The van der Waals surface area contributed by atoms with Crippen LogP contribution in [0, 0.1) is 0 Å². The second-order valence-corrected chi connectivity index (χ2v) is 3.65. The number of pyridine rings is 1. The molecule has 0 radical (unpaired) electrons. The van der Waals surface area contributed by atoms with Gasteiger partial charge in [0, 0.05) is 18.8 Å². The van der Waals surface area contributed by atoms with Crippen LogP contribution in [-0.2, 0) is 6.54 Å². The summed E-state index contributed by atoms with van der Waals surface area (Å²) in [6, 6.07) is 3.77. The van der Waals surface area contributed by atoms with Gasteiger partial charge in [-0.15, -0.1) is 0 Å². The van der Waals surface area contributed by atoms with E-state index in [-0.39, 0.29) is 5.56 Å².